The highest BCUT2D eigenvalue weighted by atomic mass is 32.2. The zero-order valence-corrected chi connectivity index (χ0v) is 11.5. The number of nitrogens with two attached hydrogens (primary N) is 1. The number of aromatic nitrogens is 3. The van der Waals surface area contributed by atoms with Gasteiger partial charge in [0.1, 0.15) is 6.33 Å². The third-order valence-electron chi connectivity index (χ3n) is 3.15. The summed E-state index contributed by atoms with van der Waals surface area (Å²) < 4.78 is 1.72. The van der Waals surface area contributed by atoms with Gasteiger partial charge in [0.15, 0.2) is 5.16 Å². The molecule has 1 aliphatic rings. The van der Waals surface area contributed by atoms with Crippen molar-refractivity contribution in [3.8, 4) is 0 Å². The van der Waals surface area contributed by atoms with E-state index >= 15 is 0 Å². The van der Waals surface area contributed by atoms with Crippen molar-refractivity contribution >= 4 is 17.7 Å². The van der Waals surface area contributed by atoms with Crippen LogP contribution in [0.15, 0.2) is 11.5 Å². The highest BCUT2D eigenvalue weighted by molar-refractivity contribution is 7.99. The van der Waals surface area contributed by atoms with Crippen molar-refractivity contribution in [1.82, 2.24) is 20.1 Å². The Labute approximate surface area is 111 Å². The lowest BCUT2D eigenvalue weighted by Crippen LogP contribution is -2.54. The van der Waals surface area contributed by atoms with Crippen LogP contribution in [0.3, 0.4) is 0 Å². The molecule has 2 rings (SSSR count). The van der Waals surface area contributed by atoms with Gasteiger partial charge in [-0.05, 0) is 26.2 Å². The van der Waals surface area contributed by atoms with Crippen molar-refractivity contribution in [3.63, 3.8) is 0 Å². The van der Waals surface area contributed by atoms with E-state index in [9.17, 15) is 4.79 Å². The number of amides is 1. The number of primary amides is 1. The van der Waals surface area contributed by atoms with Crippen molar-refractivity contribution in [2.75, 3.05) is 5.75 Å². The number of hydrogen-bond donors (Lipinski definition) is 2. The molecule has 1 saturated carbocycles. The number of nitrogens with one attached hydrogen (secondary N) is 1. The van der Waals surface area contributed by atoms with Crippen LogP contribution in [-0.4, -0.2) is 38.0 Å². The van der Waals surface area contributed by atoms with E-state index in [1.165, 1.54) is 6.33 Å². The topological polar surface area (TPSA) is 85.8 Å². The number of carbonyl (C=O) groups excluding carboxylic acids is 1. The Hall–Kier alpha value is -1.08. The molecule has 0 bridgehead atoms. The van der Waals surface area contributed by atoms with Crippen LogP contribution in [0.1, 0.15) is 26.2 Å². The number of nitrogens with zero attached hydrogens (tertiary/aromatic N) is 3. The third-order valence-corrected chi connectivity index (χ3v) is 4.18. The molecule has 1 aliphatic carbocycles. The summed E-state index contributed by atoms with van der Waals surface area (Å²) in [6.07, 6.45) is 4.49. The predicted molar refractivity (Wildman–Crippen MR) is 70.1 cm³/mol. The van der Waals surface area contributed by atoms with Crippen LogP contribution in [0.5, 0.6) is 0 Å². The van der Waals surface area contributed by atoms with Crippen LogP contribution in [0.4, 0.5) is 0 Å². The molecular weight excluding hydrogens is 250 g/mol. The van der Waals surface area contributed by atoms with Gasteiger partial charge >= 0.3 is 0 Å². The van der Waals surface area contributed by atoms with E-state index in [1.807, 2.05) is 14.0 Å². The van der Waals surface area contributed by atoms with Gasteiger partial charge in [-0.15, -0.1) is 0 Å². The van der Waals surface area contributed by atoms with Gasteiger partial charge in [-0.3, -0.25) is 4.79 Å². The molecule has 0 spiro atoms. The Kier molecular flexibility index (Phi) is 3.91. The highest BCUT2D eigenvalue weighted by Gasteiger charge is 2.36. The maximum absolute atomic E-state index is 11.6. The average Bonchev–Trinajstić information content (AvgIpc) is 3.02. The van der Waals surface area contributed by atoms with E-state index in [2.05, 4.69) is 15.4 Å². The van der Waals surface area contributed by atoms with E-state index in [1.54, 1.807) is 16.4 Å². The molecule has 100 valence electrons. The summed E-state index contributed by atoms with van der Waals surface area (Å²) in [5, 5.41) is 8.19. The molecular formula is C11H19N5OS. The normalized spacial score (nSPS) is 18.6. The Morgan fingerprint density at radius 2 is 2.44 bits per heavy atom. The van der Waals surface area contributed by atoms with E-state index < -0.39 is 5.54 Å². The molecule has 7 heteroatoms. The monoisotopic (exact) mass is 269 g/mol. The van der Waals surface area contributed by atoms with Gasteiger partial charge in [-0.1, -0.05) is 11.8 Å². The number of carbonyl (C=O) groups is 1. The number of aryl methyl sites for hydroxylation is 1. The third kappa shape index (κ3) is 3.23. The standard InChI is InChI=1S/C11H19N5OS/c1-11(9(12)17,15-8-3-4-8)5-6-18-10-13-7-14-16(10)2/h7-8,15H,3-6H2,1-2H3,(H2,12,17). The minimum atomic E-state index is -0.618. The fraction of sp³-hybridized carbons (Fsp3) is 0.727. The van der Waals surface area contributed by atoms with Crippen LogP contribution in [0.2, 0.25) is 0 Å². The van der Waals surface area contributed by atoms with Crippen LogP contribution >= 0.6 is 11.8 Å². The molecule has 1 amide bonds. The Morgan fingerprint density at radius 1 is 1.72 bits per heavy atom. The average molecular weight is 269 g/mol. The zero-order chi connectivity index (χ0) is 13.2. The first kappa shape index (κ1) is 13.4. The molecule has 0 aromatic carbocycles. The Bertz CT molecular complexity index is 431. The largest absolute Gasteiger partial charge is 0.368 e. The summed E-state index contributed by atoms with van der Waals surface area (Å²) in [5.41, 5.74) is 4.87. The summed E-state index contributed by atoms with van der Waals surface area (Å²) in [4.78, 5) is 15.7. The summed E-state index contributed by atoms with van der Waals surface area (Å²) in [6, 6.07) is 0.460. The van der Waals surface area contributed by atoms with Crippen molar-refractivity contribution < 1.29 is 4.79 Å². The van der Waals surface area contributed by atoms with Crippen LogP contribution in [0.25, 0.3) is 0 Å². The summed E-state index contributed by atoms with van der Waals surface area (Å²) in [7, 11) is 1.85. The van der Waals surface area contributed by atoms with Gasteiger partial charge in [-0.2, -0.15) is 5.10 Å². The lowest BCUT2D eigenvalue weighted by atomic mass is 9.98. The first-order chi connectivity index (χ1) is 8.51. The second kappa shape index (κ2) is 5.27. The van der Waals surface area contributed by atoms with Gasteiger partial charge in [0.05, 0.1) is 5.54 Å². The quantitative estimate of drug-likeness (QED) is 0.695. The van der Waals surface area contributed by atoms with E-state index in [0.29, 0.717) is 12.5 Å². The van der Waals surface area contributed by atoms with Crippen LogP contribution in [0, 0.1) is 0 Å². The molecule has 1 unspecified atom stereocenters. The molecule has 0 saturated heterocycles. The van der Waals surface area contributed by atoms with Gasteiger partial charge in [0.25, 0.3) is 0 Å². The molecule has 0 aliphatic heterocycles. The molecule has 0 radical (unpaired) electrons. The minimum absolute atomic E-state index is 0.284. The molecule has 1 fully saturated rings. The highest BCUT2D eigenvalue weighted by Crippen LogP contribution is 2.26. The first-order valence-corrected chi connectivity index (χ1v) is 7.04. The van der Waals surface area contributed by atoms with Gasteiger partial charge in [0.2, 0.25) is 5.91 Å². The Morgan fingerprint density at radius 3 is 2.94 bits per heavy atom. The van der Waals surface area contributed by atoms with E-state index in [4.69, 9.17) is 5.73 Å². The molecule has 1 atom stereocenters. The minimum Gasteiger partial charge on any atom is -0.368 e. The van der Waals surface area contributed by atoms with Gasteiger partial charge in [0, 0.05) is 18.8 Å². The van der Waals surface area contributed by atoms with Gasteiger partial charge in [-0.25, -0.2) is 9.67 Å². The summed E-state index contributed by atoms with van der Waals surface area (Å²) >= 11 is 1.59. The molecule has 6 nitrogen and oxygen atoms in total. The smallest absolute Gasteiger partial charge is 0.237 e. The lowest BCUT2D eigenvalue weighted by Gasteiger charge is -2.27. The molecule has 1 aromatic rings. The number of rotatable bonds is 7. The second-order valence-electron chi connectivity index (χ2n) is 4.88. The van der Waals surface area contributed by atoms with Crippen LogP contribution < -0.4 is 11.1 Å². The molecule has 1 heterocycles. The fourth-order valence-electron chi connectivity index (χ4n) is 1.71. The first-order valence-electron chi connectivity index (χ1n) is 6.06. The predicted octanol–water partition coefficient (Wildman–Crippen LogP) is 0.293. The number of thioether (sulfide) groups is 1. The maximum atomic E-state index is 11.6. The zero-order valence-electron chi connectivity index (χ0n) is 10.7. The van der Waals surface area contributed by atoms with Gasteiger partial charge < -0.3 is 11.1 Å². The van der Waals surface area contributed by atoms with Crippen molar-refractivity contribution in [3.05, 3.63) is 6.33 Å². The molecule has 1 aromatic heterocycles. The van der Waals surface area contributed by atoms with Crippen molar-refractivity contribution in [1.29, 1.82) is 0 Å². The second-order valence-corrected chi connectivity index (χ2v) is 5.94. The van der Waals surface area contributed by atoms with E-state index in [-0.39, 0.29) is 5.91 Å². The lowest BCUT2D eigenvalue weighted by molar-refractivity contribution is -0.124. The Balaban J connectivity index is 1.85. The number of hydrogen-bond acceptors (Lipinski definition) is 5. The summed E-state index contributed by atoms with van der Waals surface area (Å²) in [5.74, 6) is 0.499. The van der Waals surface area contributed by atoms with Crippen molar-refractivity contribution in [2.45, 2.75) is 42.9 Å². The SMILES string of the molecule is Cn1ncnc1SCCC(C)(NC1CC1)C(N)=O. The van der Waals surface area contributed by atoms with Crippen molar-refractivity contribution in [2.24, 2.45) is 12.8 Å². The van der Waals surface area contributed by atoms with E-state index in [0.717, 1.165) is 23.8 Å². The molecule has 18 heavy (non-hydrogen) atoms. The van der Waals surface area contributed by atoms with Crippen LogP contribution in [-0.2, 0) is 11.8 Å². The summed E-state index contributed by atoms with van der Waals surface area (Å²) in [6.45, 7) is 1.88. The molecule has 3 N–H and O–H groups in total. The fourth-order valence-corrected chi connectivity index (χ4v) is 2.76. The maximum Gasteiger partial charge on any atom is 0.237 e.